The summed E-state index contributed by atoms with van der Waals surface area (Å²) in [6.07, 6.45) is -2.58. The van der Waals surface area contributed by atoms with E-state index < -0.39 is 68.9 Å². The summed E-state index contributed by atoms with van der Waals surface area (Å²) in [4.78, 5) is 13.4. The quantitative estimate of drug-likeness (QED) is 0.308. The van der Waals surface area contributed by atoms with Crippen molar-refractivity contribution in [3.8, 4) is 5.75 Å². The second-order valence-corrected chi connectivity index (χ2v) is 15.5. The molecule has 2 heterocycles. The van der Waals surface area contributed by atoms with E-state index in [4.69, 9.17) is 9.47 Å². The van der Waals surface area contributed by atoms with Gasteiger partial charge in [0.25, 0.3) is 0 Å². The SMILES string of the molecule is O=C(O)C1(COc2cc3c(cc2SC2CC4(CC4)C2)N(c2ccc(F)cc2)C[C@@H](CCC(F)(F)F)[C@@H](F)S3(=O)=O)COC1. The highest BCUT2D eigenvalue weighted by Crippen LogP contribution is 2.65. The predicted molar refractivity (Wildman–Crippen MR) is 148 cm³/mol. The zero-order valence-corrected chi connectivity index (χ0v) is 24.5. The molecule has 0 radical (unpaired) electrons. The Balaban J connectivity index is 1.43. The Morgan fingerprint density at radius 2 is 1.81 bits per heavy atom. The second kappa shape index (κ2) is 10.8. The van der Waals surface area contributed by atoms with Crippen LogP contribution in [-0.4, -0.2) is 62.8 Å². The number of nitrogens with zero attached hydrogens (tertiary/aromatic N) is 1. The lowest BCUT2D eigenvalue weighted by atomic mass is 9.81. The van der Waals surface area contributed by atoms with Crippen LogP contribution in [0, 0.1) is 22.6 Å². The first-order valence-electron chi connectivity index (χ1n) is 14.0. The summed E-state index contributed by atoms with van der Waals surface area (Å²) < 4.78 is 108. The van der Waals surface area contributed by atoms with E-state index in [1.165, 1.54) is 34.9 Å². The van der Waals surface area contributed by atoms with Gasteiger partial charge in [-0.15, -0.1) is 11.8 Å². The fourth-order valence-electron chi connectivity index (χ4n) is 5.99. The first-order valence-corrected chi connectivity index (χ1v) is 16.4. The molecular formula is C29H30F5NO6S2. The fraction of sp³-hybridized carbons (Fsp3) is 0.552. The maximum Gasteiger partial charge on any atom is 0.389 e. The smallest absolute Gasteiger partial charge is 0.389 e. The number of carboxylic acids is 1. The van der Waals surface area contributed by atoms with Crippen LogP contribution in [0.3, 0.4) is 0 Å². The summed E-state index contributed by atoms with van der Waals surface area (Å²) in [7, 11) is -4.83. The van der Waals surface area contributed by atoms with Crippen molar-refractivity contribution < 1.29 is 49.7 Å². The summed E-state index contributed by atoms with van der Waals surface area (Å²) in [5, 5.41) is 9.92. The van der Waals surface area contributed by atoms with E-state index in [1.54, 1.807) is 0 Å². The van der Waals surface area contributed by atoms with E-state index in [9.17, 15) is 35.9 Å². The molecule has 0 unspecified atom stereocenters. The van der Waals surface area contributed by atoms with Gasteiger partial charge in [-0.3, -0.25) is 4.79 Å². The number of alkyl halides is 4. The van der Waals surface area contributed by atoms with Crippen LogP contribution in [0.1, 0.15) is 38.5 Å². The summed E-state index contributed by atoms with van der Waals surface area (Å²) in [5.41, 5.74) is -3.31. The van der Waals surface area contributed by atoms with Crippen LogP contribution in [0.4, 0.5) is 33.3 Å². The van der Waals surface area contributed by atoms with Crippen molar-refractivity contribution in [3.05, 3.63) is 42.2 Å². The monoisotopic (exact) mass is 647 g/mol. The van der Waals surface area contributed by atoms with Gasteiger partial charge in [0.15, 0.2) is 0 Å². The Kier molecular flexibility index (Phi) is 7.64. The molecule has 6 rings (SSSR count). The average molecular weight is 648 g/mol. The normalized spacial score (nSPS) is 25.3. The molecule has 1 spiro atoms. The van der Waals surface area contributed by atoms with Gasteiger partial charge >= 0.3 is 12.1 Å². The average Bonchev–Trinajstić information content (AvgIpc) is 3.69. The Morgan fingerprint density at radius 1 is 1.14 bits per heavy atom. The van der Waals surface area contributed by atoms with Gasteiger partial charge < -0.3 is 19.5 Å². The molecule has 2 aliphatic carbocycles. The molecule has 43 heavy (non-hydrogen) atoms. The van der Waals surface area contributed by atoms with E-state index in [0.29, 0.717) is 10.3 Å². The van der Waals surface area contributed by atoms with Crippen LogP contribution >= 0.6 is 11.8 Å². The van der Waals surface area contributed by atoms with Gasteiger partial charge in [-0.25, -0.2) is 17.2 Å². The van der Waals surface area contributed by atoms with Crippen LogP contribution in [0.2, 0.25) is 0 Å². The molecule has 3 fully saturated rings. The van der Waals surface area contributed by atoms with Gasteiger partial charge in [0.05, 0.1) is 28.7 Å². The third-order valence-corrected chi connectivity index (χ3v) is 12.1. The van der Waals surface area contributed by atoms with Gasteiger partial charge in [0, 0.05) is 35.9 Å². The molecule has 7 nitrogen and oxygen atoms in total. The van der Waals surface area contributed by atoms with Gasteiger partial charge in [0.2, 0.25) is 15.3 Å². The largest absolute Gasteiger partial charge is 0.491 e. The Labute approximate surface area is 249 Å². The van der Waals surface area contributed by atoms with E-state index in [1.807, 2.05) is 0 Å². The highest BCUT2D eigenvalue weighted by Gasteiger charge is 2.53. The molecule has 2 saturated carbocycles. The highest BCUT2D eigenvalue weighted by atomic mass is 32.2. The van der Waals surface area contributed by atoms with Crippen LogP contribution in [0.25, 0.3) is 0 Å². The molecule has 4 aliphatic rings. The van der Waals surface area contributed by atoms with Crippen molar-refractivity contribution in [3.63, 3.8) is 0 Å². The van der Waals surface area contributed by atoms with E-state index in [-0.39, 0.29) is 42.2 Å². The number of hydrogen-bond acceptors (Lipinski definition) is 7. The molecule has 2 aromatic carbocycles. The summed E-state index contributed by atoms with van der Waals surface area (Å²) in [6, 6.07) is 7.67. The molecule has 2 aliphatic heterocycles. The Hall–Kier alpha value is -2.58. The molecule has 2 atom stereocenters. The number of thioether (sulfide) groups is 1. The Morgan fingerprint density at radius 3 is 2.37 bits per heavy atom. The maximum atomic E-state index is 15.9. The van der Waals surface area contributed by atoms with Crippen LogP contribution in [0.15, 0.2) is 46.2 Å². The minimum atomic E-state index is -4.83. The van der Waals surface area contributed by atoms with E-state index in [2.05, 4.69) is 0 Å². The number of anilines is 2. The summed E-state index contributed by atoms with van der Waals surface area (Å²) in [5.74, 6) is -3.21. The second-order valence-electron chi connectivity index (χ2n) is 12.2. The van der Waals surface area contributed by atoms with Gasteiger partial charge in [0.1, 0.15) is 23.6 Å². The molecule has 234 valence electrons. The van der Waals surface area contributed by atoms with Crippen molar-refractivity contribution in [2.75, 3.05) is 31.3 Å². The summed E-state index contributed by atoms with van der Waals surface area (Å²) in [6.45, 7) is -0.903. The van der Waals surface area contributed by atoms with Crippen molar-refractivity contribution in [1.82, 2.24) is 0 Å². The minimum absolute atomic E-state index is 0.0407. The third-order valence-electron chi connectivity index (χ3n) is 8.93. The topological polar surface area (TPSA) is 93.1 Å². The molecule has 0 amide bonds. The van der Waals surface area contributed by atoms with Gasteiger partial charge in [-0.05, 0) is 67.9 Å². The third kappa shape index (κ3) is 5.94. The maximum absolute atomic E-state index is 15.9. The number of carbonyl (C=O) groups is 1. The zero-order valence-electron chi connectivity index (χ0n) is 22.9. The number of ether oxygens (including phenoxy) is 2. The lowest BCUT2D eigenvalue weighted by Gasteiger charge is -2.38. The number of halogens is 5. The molecule has 0 bridgehead atoms. The van der Waals surface area contributed by atoms with Crippen molar-refractivity contribution >= 4 is 38.9 Å². The van der Waals surface area contributed by atoms with Crippen molar-refractivity contribution in [2.45, 2.75) is 65.2 Å². The highest BCUT2D eigenvalue weighted by molar-refractivity contribution is 8.00. The lowest BCUT2D eigenvalue weighted by molar-refractivity contribution is -0.185. The van der Waals surface area contributed by atoms with Crippen LogP contribution in [0.5, 0.6) is 5.75 Å². The van der Waals surface area contributed by atoms with Gasteiger partial charge in [-0.1, -0.05) is 0 Å². The minimum Gasteiger partial charge on any atom is -0.491 e. The number of rotatable bonds is 9. The number of sulfone groups is 1. The first kappa shape index (κ1) is 30.4. The lowest BCUT2D eigenvalue weighted by Crippen LogP contribution is -2.53. The van der Waals surface area contributed by atoms with Gasteiger partial charge in [-0.2, -0.15) is 13.2 Å². The first-order chi connectivity index (χ1) is 20.2. The molecule has 14 heteroatoms. The number of aliphatic carboxylic acids is 1. The van der Waals surface area contributed by atoms with E-state index >= 15 is 4.39 Å². The molecular weight excluding hydrogens is 617 g/mol. The van der Waals surface area contributed by atoms with Crippen molar-refractivity contribution in [2.24, 2.45) is 16.7 Å². The zero-order chi connectivity index (χ0) is 30.8. The fourth-order valence-corrected chi connectivity index (χ4v) is 9.34. The standard InChI is InChI=1S/C29H30F5NO6S2/c30-18-1-3-19(4-2-18)35-13-17(5-6-29(32,33)34)25(31)43(38,39)24-10-22(41-16-28(26(36)37)14-40-15-28)23(9-21(24)35)42-20-11-27(12-20)7-8-27/h1-4,9-10,17,20,25H,5-8,11-16H2,(H,36,37)/t17-,25+/m1/s1. The van der Waals surface area contributed by atoms with Crippen LogP contribution in [-0.2, 0) is 19.4 Å². The molecule has 1 N–H and O–H groups in total. The molecule has 0 aromatic heterocycles. The number of hydrogen-bond donors (Lipinski definition) is 1. The Bertz CT molecular complexity index is 1500. The molecule has 2 aromatic rings. The number of benzene rings is 2. The van der Waals surface area contributed by atoms with Crippen molar-refractivity contribution in [1.29, 1.82) is 0 Å². The predicted octanol–water partition coefficient (Wildman–Crippen LogP) is 6.52. The van der Waals surface area contributed by atoms with E-state index in [0.717, 1.165) is 43.9 Å². The molecule has 1 saturated heterocycles. The number of carboxylic acid groups (broad SMARTS) is 1. The number of fused-ring (bicyclic) bond motifs is 1. The van der Waals surface area contributed by atoms with Crippen LogP contribution < -0.4 is 9.64 Å². The summed E-state index contributed by atoms with van der Waals surface area (Å²) >= 11 is 1.45.